The molecule has 0 saturated heterocycles. The summed E-state index contributed by atoms with van der Waals surface area (Å²) in [5, 5.41) is 2.20. The fourth-order valence-electron chi connectivity index (χ4n) is 11.4. The van der Waals surface area contributed by atoms with E-state index in [1.165, 1.54) is 55.6 Å². The van der Waals surface area contributed by atoms with Crippen LogP contribution in [0, 0.1) is 0 Å². The molecule has 2 heterocycles. The second-order valence-electron chi connectivity index (χ2n) is 18.0. The Kier molecular flexibility index (Phi) is 8.50. The van der Waals surface area contributed by atoms with Crippen molar-refractivity contribution in [1.29, 1.82) is 0 Å². The molecule has 0 N–H and O–H groups in total. The van der Waals surface area contributed by atoms with Gasteiger partial charge in [0.15, 0.2) is 5.82 Å². The van der Waals surface area contributed by atoms with E-state index >= 15 is 0 Å². The first kappa shape index (κ1) is 38.4. The Morgan fingerprint density at radius 1 is 0.294 bits per heavy atom. The summed E-state index contributed by atoms with van der Waals surface area (Å²) < 4.78 is 6.68. The van der Waals surface area contributed by atoms with Crippen LogP contribution >= 0.6 is 0 Å². The summed E-state index contributed by atoms with van der Waals surface area (Å²) in [5.41, 5.74) is 22.9. The van der Waals surface area contributed by atoms with Gasteiger partial charge in [-0.15, -0.1) is 0 Å². The molecule has 1 spiro atoms. The lowest BCUT2D eigenvalue weighted by atomic mass is 9.70. The molecule has 0 amide bonds. The van der Waals surface area contributed by atoms with Crippen LogP contribution in [0.15, 0.2) is 247 Å². The van der Waals surface area contributed by atoms with Gasteiger partial charge in [-0.05, 0) is 103 Å². The predicted octanol–water partition coefficient (Wildman–Crippen LogP) is 16.7. The van der Waals surface area contributed by atoms with Crippen LogP contribution in [0.1, 0.15) is 22.3 Å². The Bertz CT molecular complexity index is 3910. The van der Waals surface area contributed by atoms with Gasteiger partial charge < -0.3 is 4.42 Å². The van der Waals surface area contributed by atoms with Crippen molar-refractivity contribution in [3.05, 3.63) is 265 Å². The van der Waals surface area contributed by atoms with Crippen molar-refractivity contribution in [2.24, 2.45) is 0 Å². The summed E-state index contributed by atoms with van der Waals surface area (Å²) in [6, 6.07) is 87.4. The van der Waals surface area contributed by atoms with Gasteiger partial charge in [0, 0.05) is 33.0 Å². The van der Waals surface area contributed by atoms with Crippen molar-refractivity contribution in [3.63, 3.8) is 0 Å². The minimum absolute atomic E-state index is 0.468. The second-order valence-corrected chi connectivity index (χ2v) is 18.0. The molecular formula is C65H40N2O. The Morgan fingerprint density at radius 3 is 1.51 bits per heavy atom. The minimum atomic E-state index is -0.468. The third kappa shape index (κ3) is 5.72. The van der Waals surface area contributed by atoms with Gasteiger partial charge in [0.25, 0.3) is 0 Å². The van der Waals surface area contributed by atoms with Crippen molar-refractivity contribution in [1.82, 2.24) is 9.97 Å². The SMILES string of the molecule is c1ccc(-c2ccc(-c3cc(-c4cc(-c5cccc6c5-c5ccccc5C65c6ccccc6-c6ccccc65)nc(-c5ccccc5)n4)cc(-c4cccc5c4oc4ccccc45)c3)cc2)cc1. The zero-order valence-electron chi connectivity index (χ0n) is 36.9. The van der Waals surface area contributed by atoms with Crippen LogP contribution in [0.25, 0.3) is 111 Å². The first-order chi connectivity index (χ1) is 33.7. The van der Waals surface area contributed by atoms with Gasteiger partial charge in [-0.25, -0.2) is 9.97 Å². The smallest absolute Gasteiger partial charge is 0.160 e. The van der Waals surface area contributed by atoms with Gasteiger partial charge in [0.2, 0.25) is 0 Å². The van der Waals surface area contributed by atoms with E-state index in [4.69, 9.17) is 14.4 Å². The first-order valence-electron chi connectivity index (χ1n) is 23.3. The molecule has 0 saturated carbocycles. The highest BCUT2D eigenvalue weighted by Crippen LogP contribution is 2.64. The Morgan fingerprint density at radius 2 is 0.779 bits per heavy atom. The van der Waals surface area contributed by atoms with Crippen molar-refractivity contribution in [2.75, 3.05) is 0 Å². The molecule has 14 rings (SSSR count). The quantitative estimate of drug-likeness (QED) is 0.167. The van der Waals surface area contributed by atoms with Gasteiger partial charge >= 0.3 is 0 Å². The van der Waals surface area contributed by atoms with Crippen LogP contribution in [-0.2, 0) is 5.41 Å². The number of fused-ring (bicyclic) bond motifs is 13. The highest BCUT2D eigenvalue weighted by molar-refractivity contribution is 6.10. The molecular weight excluding hydrogens is 825 g/mol. The minimum Gasteiger partial charge on any atom is -0.455 e. The highest BCUT2D eigenvalue weighted by atomic mass is 16.3. The fraction of sp³-hybridized carbons (Fsp3) is 0.0154. The van der Waals surface area contributed by atoms with Crippen molar-refractivity contribution >= 4 is 21.9 Å². The maximum Gasteiger partial charge on any atom is 0.160 e. The Labute approximate surface area is 394 Å². The van der Waals surface area contributed by atoms with E-state index < -0.39 is 5.41 Å². The van der Waals surface area contributed by atoms with Gasteiger partial charge in [-0.1, -0.05) is 212 Å². The average Bonchev–Trinajstić information content (AvgIpc) is 4.06. The summed E-state index contributed by atoms with van der Waals surface area (Å²) in [7, 11) is 0. The summed E-state index contributed by atoms with van der Waals surface area (Å²) in [6.45, 7) is 0. The van der Waals surface area contributed by atoms with Crippen LogP contribution in [0.3, 0.4) is 0 Å². The number of furan rings is 1. The standard InChI is InChI=1S/C65H40N2O/c1-3-17-41(18-4-1)42-33-35-43(36-34-42)45-37-46(48-25-15-26-52-51-23-10-14-32-61(51)68-63(48)52)39-47(38-45)59-40-60(67-64(66-59)44-19-5-2-6-20-44)54-27-16-31-58-62(54)53-24-9-13-30-57(53)65(58)55-28-11-7-21-49(55)50-22-8-12-29-56(50)65/h1-40H. The number of hydrogen-bond acceptors (Lipinski definition) is 3. The van der Waals surface area contributed by atoms with Crippen LogP contribution in [0.4, 0.5) is 0 Å². The molecule has 12 aromatic rings. The van der Waals surface area contributed by atoms with Gasteiger partial charge in [-0.3, -0.25) is 0 Å². The lowest BCUT2D eigenvalue weighted by molar-refractivity contribution is 0.670. The topological polar surface area (TPSA) is 38.9 Å². The summed E-state index contributed by atoms with van der Waals surface area (Å²) in [6.07, 6.45) is 0. The predicted molar refractivity (Wildman–Crippen MR) is 278 cm³/mol. The monoisotopic (exact) mass is 864 g/mol. The Balaban J connectivity index is 1.01. The zero-order valence-corrected chi connectivity index (χ0v) is 36.9. The molecule has 3 heteroatoms. The summed E-state index contributed by atoms with van der Waals surface area (Å²) >= 11 is 0. The molecule has 316 valence electrons. The lowest BCUT2D eigenvalue weighted by Crippen LogP contribution is -2.25. The Hall–Kier alpha value is -8.92. The molecule has 10 aromatic carbocycles. The molecule has 0 fully saturated rings. The molecule has 2 aromatic heterocycles. The largest absolute Gasteiger partial charge is 0.455 e. The van der Waals surface area contributed by atoms with E-state index in [1.54, 1.807) is 0 Å². The van der Waals surface area contributed by atoms with Crippen molar-refractivity contribution in [2.45, 2.75) is 5.41 Å². The number of hydrogen-bond donors (Lipinski definition) is 0. The van der Waals surface area contributed by atoms with E-state index in [2.05, 4.69) is 224 Å². The van der Waals surface area contributed by atoms with Crippen LogP contribution in [-0.4, -0.2) is 9.97 Å². The summed E-state index contributed by atoms with van der Waals surface area (Å²) in [4.78, 5) is 10.9. The van der Waals surface area contributed by atoms with E-state index in [1.807, 2.05) is 18.2 Å². The molecule has 0 bridgehead atoms. The van der Waals surface area contributed by atoms with E-state index in [0.29, 0.717) is 5.82 Å². The first-order valence-corrected chi connectivity index (χ1v) is 23.3. The van der Waals surface area contributed by atoms with Gasteiger partial charge in [0.1, 0.15) is 11.2 Å². The molecule has 0 radical (unpaired) electrons. The fourth-order valence-corrected chi connectivity index (χ4v) is 11.4. The molecule has 2 aliphatic rings. The average molecular weight is 865 g/mol. The number of benzene rings is 10. The van der Waals surface area contributed by atoms with Crippen LogP contribution < -0.4 is 0 Å². The zero-order chi connectivity index (χ0) is 44.8. The maximum absolute atomic E-state index is 6.68. The van der Waals surface area contributed by atoms with Crippen molar-refractivity contribution < 1.29 is 4.42 Å². The number of aromatic nitrogens is 2. The molecule has 0 unspecified atom stereocenters. The molecule has 0 atom stereocenters. The second kappa shape index (κ2) is 15.1. The number of nitrogens with zero attached hydrogens (tertiary/aromatic N) is 2. The van der Waals surface area contributed by atoms with Crippen molar-refractivity contribution in [3.8, 4) is 89.5 Å². The molecule has 0 aliphatic heterocycles. The van der Waals surface area contributed by atoms with Crippen LogP contribution in [0.5, 0.6) is 0 Å². The van der Waals surface area contributed by atoms with Crippen LogP contribution in [0.2, 0.25) is 0 Å². The molecule has 2 aliphatic carbocycles. The van der Waals surface area contributed by atoms with E-state index in [-0.39, 0.29) is 0 Å². The molecule has 3 nitrogen and oxygen atoms in total. The van der Waals surface area contributed by atoms with Gasteiger partial charge in [-0.2, -0.15) is 0 Å². The summed E-state index contributed by atoms with van der Waals surface area (Å²) in [5.74, 6) is 0.673. The maximum atomic E-state index is 6.68. The molecule has 68 heavy (non-hydrogen) atoms. The number of para-hydroxylation sites is 2. The third-order valence-corrected chi connectivity index (χ3v) is 14.3. The highest BCUT2D eigenvalue weighted by Gasteiger charge is 2.52. The van der Waals surface area contributed by atoms with Gasteiger partial charge in [0.05, 0.1) is 16.8 Å². The third-order valence-electron chi connectivity index (χ3n) is 14.3. The lowest BCUT2D eigenvalue weighted by Gasteiger charge is -2.30. The van der Waals surface area contributed by atoms with E-state index in [0.717, 1.165) is 72.3 Å². The normalized spacial score (nSPS) is 12.8. The van der Waals surface area contributed by atoms with E-state index in [9.17, 15) is 0 Å². The number of rotatable bonds is 6.